The highest BCUT2D eigenvalue weighted by molar-refractivity contribution is 5.38. The van der Waals surface area contributed by atoms with E-state index >= 15 is 0 Å². The van der Waals surface area contributed by atoms with Crippen molar-refractivity contribution >= 4 is 5.82 Å². The quantitative estimate of drug-likeness (QED) is 0.762. The van der Waals surface area contributed by atoms with Crippen LogP contribution in [0.5, 0.6) is 0 Å². The first-order valence-electron chi connectivity index (χ1n) is 6.23. The number of morpholine rings is 1. The zero-order valence-corrected chi connectivity index (χ0v) is 10.3. The highest BCUT2D eigenvalue weighted by atomic mass is 16.5. The van der Waals surface area contributed by atoms with Gasteiger partial charge in [-0.25, -0.2) is 9.97 Å². The second kappa shape index (κ2) is 6.51. The average molecular weight is 236 g/mol. The van der Waals surface area contributed by atoms with E-state index in [-0.39, 0.29) is 0 Å². The third kappa shape index (κ3) is 3.38. The molecule has 1 aromatic rings. The Labute approximate surface area is 102 Å². The Morgan fingerprint density at radius 1 is 1.59 bits per heavy atom. The van der Waals surface area contributed by atoms with Gasteiger partial charge in [-0.15, -0.1) is 0 Å². The summed E-state index contributed by atoms with van der Waals surface area (Å²) < 4.78 is 5.54. The van der Waals surface area contributed by atoms with Crippen LogP contribution in [-0.4, -0.2) is 48.9 Å². The zero-order chi connectivity index (χ0) is 11.9. The second-order valence-electron chi connectivity index (χ2n) is 4.19. The third-order valence-electron chi connectivity index (χ3n) is 2.89. The first kappa shape index (κ1) is 12.3. The fourth-order valence-electron chi connectivity index (χ4n) is 2.02. The van der Waals surface area contributed by atoms with Gasteiger partial charge in [0.2, 0.25) is 0 Å². The number of aromatic nitrogens is 2. The predicted octanol–water partition coefficient (Wildman–Crippen LogP) is 0.681. The molecule has 1 aliphatic heterocycles. The summed E-state index contributed by atoms with van der Waals surface area (Å²) in [7, 11) is 0. The Hall–Kier alpha value is -1.20. The molecule has 0 aliphatic carbocycles. The molecule has 2 rings (SSSR count). The van der Waals surface area contributed by atoms with Gasteiger partial charge in [-0.1, -0.05) is 6.92 Å². The number of hydrogen-bond acceptors (Lipinski definition) is 5. The highest BCUT2D eigenvalue weighted by Crippen LogP contribution is 2.15. The van der Waals surface area contributed by atoms with E-state index in [9.17, 15) is 0 Å². The number of anilines is 1. The van der Waals surface area contributed by atoms with Crippen molar-refractivity contribution in [2.45, 2.75) is 19.4 Å². The van der Waals surface area contributed by atoms with Crippen LogP contribution < -0.4 is 10.2 Å². The third-order valence-corrected chi connectivity index (χ3v) is 2.89. The second-order valence-corrected chi connectivity index (χ2v) is 4.19. The van der Waals surface area contributed by atoms with Gasteiger partial charge in [0.25, 0.3) is 0 Å². The summed E-state index contributed by atoms with van der Waals surface area (Å²) >= 11 is 0. The molecule has 1 atom stereocenters. The normalized spacial score (nSPS) is 20.5. The van der Waals surface area contributed by atoms with E-state index in [4.69, 9.17) is 4.74 Å². The van der Waals surface area contributed by atoms with Crippen LogP contribution in [0.15, 0.2) is 18.6 Å². The van der Waals surface area contributed by atoms with Crippen molar-refractivity contribution in [3.8, 4) is 0 Å². The molecule has 0 bridgehead atoms. The van der Waals surface area contributed by atoms with Crippen LogP contribution in [-0.2, 0) is 4.74 Å². The molecule has 1 unspecified atom stereocenters. The molecule has 0 saturated carbocycles. The van der Waals surface area contributed by atoms with Crippen molar-refractivity contribution in [1.82, 2.24) is 15.3 Å². The van der Waals surface area contributed by atoms with Gasteiger partial charge < -0.3 is 15.0 Å². The molecule has 1 saturated heterocycles. The van der Waals surface area contributed by atoms with Gasteiger partial charge >= 0.3 is 0 Å². The van der Waals surface area contributed by atoms with Gasteiger partial charge in [0, 0.05) is 19.3 Å². The molecule has 17 heavy (non-hydrogen) atoms. The van der Waals surface area contributed by atoms with Gasteiger partial charge in [0.15, 0.2) is 0 Å². The van der Waals surface area contributed by atoms with Crippen molar-refractivity contribution in [2.75, 3.05) is 37.7 Å². The molecule has 5 nitrogen and oxygen atoms in total. The first-order valence-corrected chi connectivity index (χ1v) is 6.23. The van der Waals surface area contributed by atoms with E-state index in [1.165, 1.54) is 0 Å². The van der Waals surface area contributed by atoms with E-state index in [1.54, 1.807) is 12.5 Å². The van der Waals surface area contributed by atoms with Crippen LogP contribution >= 0.6 is 0 Å². The molecule has 5 heteroatoms. The van der Waals surface area contributed by atoms with Gasteiger partial charge in [-0.05, 0) is 19.0 Å². The average Bonchev–Trinajstić information content (AvgIpc) is 2.41. The van der Waals surface area contributed by atoms with Crippen LogP contribution in [0.1, 0.15) is 13.3 Å². The largest absolute Gasteiger partial charge is 0.377 e. The lowest BCUT2D eigenvalue weighted by Crippen LogP contribution is -2.51. The Balaban J connectivity index is 1.97. The summed E-state index contributed by atoms with van der Waals surface area (Å²) in [4.78, 5) is 10.6. The van der Waals surface area contributed by atoms with Crippen molar-refractivity contribution < 1.29 is 4.74 Å². The molecular weight excluding hydrogens is 216 g/mol. The van der Waals surface area contributed by atoms with Crippen molar-refractivity contribution in [1.29, 1.82) is 0 Å². The molecule has 1 N–H and O–H groups in total. The Bertz CT molecular complexity index is 320. The molecule has 94 valence electrons. The van der Waals surface area contributed by atoms with Crippen LogP contribution in [0.4, 0.5) is 5.82 Å². The Morgan fingerprint density at radius 2 is 2.53 bits per heavy atom. The summed E-state index contributed by atoms with van der Waals surface area (Å²) in [5.41, 5.74) is 0. The predicted molar refractivity (Wildman–Crippen MR) is 67.1 cm³/mol. The number of nitrogens with zero attached hydrogens (tertiary/aromatic N) is 3. The lowest BCUT2D eigenvalue weighted by molar-refractivity contribution is 0.0934. The van der Waals surface area contributed by atoms with Crippen LogP contribution in [0.2, 0.25) is 0 Å². The van der Waals surface area contributed by atoms with Gasteiger partial charge in [0.1, 0.15) is 12.1 Å². The SMILES string of the molecule is CCCNCC1COCCN1c1ccncn1. The minimum Gasteiger partial charge on any atom is -0.377 e. The highest BCUT2D eigenvalue weighted by Gasteiger charge is 2.23. The van der Waals surface area contributed by atoms with Crippen molar-refractivity contribution in [2.24, 2.45) is 0 Å². The van der Waals surface area contributed by atoms with Crippen molar-refractivity contribution in [3.63, 3.8) is 0 Å². The summed E-state index contributed by atoms with van der Waals surface area (Å²) in [6.07, 6.45) is 4.54. The lowest BCUT2D eigenvalue weighted by atomic mass is 10.2. The topological polar surface area (TPSA) is 50.3 Å². The summed E-state index contributed by atoms with van der Waals surface area (Å²) in [6.45, 7) is 6.60. The van der Waals surface area contributed by atoms with E-state index < -0.39 is 0 Å². The summed E-state index contributed by atoms with van der Waals surface area (Å²) in [5, 5.41) is 3.44. The molecule has 0 spiro atoms. The number of nitrogens with one attached hydrogen (secondary N) is 1. The minimum absolute atomic E-state index is 0.366. The Kier molecular flexibility index (Phi) is 4.70. The van der Waals surface area contributed by atoms with E-state index in [1.807, 2.05) is 6.07 Å². The Morgan fingerprint density at radius 3 is 3.29 bits per heavy atom. The van der Waals surface area contributed by atoms with E-state index in [2.05, 4.69) is 27.1 Å². The summed E-state index contributed by atoms with van der Waals surface area (Å²) in [5.74, 6) is 0.992. The van der Waals surface area contributed by atoms with Crippen molar-refractivity contribution in [3.05, 3.63) is 18.6 Å². The number of hydrogen-bond donors (Lipinski definition) is 1. The molecule has 1 aromatic heterocycles. The van der Waals surface area contributed by atoms with Crippen LogP contribution in [0.3, 0.4) is 0 Å². The maximum Gasteiger partial charge on any atom is 0.132 e. The van der Waals surface area contributed by atoms with E-state index in [0.29, 0.717) is 6.04 Å². The maximum absolute atomic E-state index is 5.54. The van der Waals surface area contributed by atoms with E-state index in [0.717, 1.165) is 45.1 Å². The fourth-order valence-corrected chi connectivity index (χ4v) is 2.02. The first-order chi connectivity index (χ1) is 8.42. The molecule has 0 amide bonds. The van der Waals surface area contributed by atoms with Crippen LogP contribution in [0.25, 0.3) is 0 Å². The molecule has 0 aromatic carbocycles. The molecule has 2 heterocycles. The smallest absolute Gasteiger partial charge is 0.132 e. The maximum atomic E-state index is 5.54. The van der Waals surface area contributed by atoms with Gasteiger partial charge in [-0.2, -0.15) is 0 Å². The molecular formula is C12H20N4O. The van der Waals surface area contributed by atoms with Gasteiger partial charge in [0.05, 0.1) is 19.3 Å². The number of rotatable bonds is 5. The number of ether oxygens (including phenoxy) is 1. The lowest BCUT2D eigenvalue weighted by Gasteiger charge is -2.36. The van der Waals surface area contributed by atoms with Crippen LogP contribution in [0, 0.1) is 0 Å². The monoisotopic (exact) mass is 236 g/mol. The fraction of sp³-hybridized carbons (Fsp3) is 0.667. The standard InChI is InChI=1S/C12H20N4O/c1-2-4-13-8-11-9-17-7-6-16(11)12-3-5-14-10-15-12/h3,5,10-11,13H,2,4,6-9H2,1H3. The minimum atomic E-state index is 0.366. The zero-order valence-electron chi connectivity index (χ0n) is 10.3. The molecule has 1 aliphatic rings. The summed E-state index contributed by atoms with van der Waals surface area (Å²) in [6, 6.07) is 2.32. The van der Waals surface area contributed by atoms with Gasteiger partial charge in [-0.3, -0.25) is 0 Å². The molecule has 0 radical (unpaired) electrons. The molecule has 1 fully saturated rings.